The average molecular weight is 329 g/mol. The highest BCUT2D eigenvalue weighted by molar-refractivity contribution is 6.37. The fraction of sp³-hybridized carbons (Fsp3) is 0.143. The third-order valence-electron chi connectivity index (χ3n) is 2.56. The predicted molar refractivity (Wildman–Crippen MR) is 76.2 cm³/mol. The standard InChI is InChI=1S/C14H10Cl2O5/c1-19-14(18)12-3-2-9(21-12)7-20-13-10(15)4-8(6-17)5-11(13)16/h2-6H,7H2,1H3. The fourth-order valence-corrected chi connectivity index (χ4v) is 2.21. The van der Waals surface area contributed by atoms with Crippen LogP contribution in [0.3, 0.4) is 0 Å². The normalized spacial score (nSPS) is 10.2. The van der Waals surface area contributed by atoms with E-state index >= 15 is 0 Å². The fourth-order valence-electron chi connectivity index (χ4n) is 1.59. The van der Waals surface area contributed by atoms with Gasteiger partial charge in [0, 0.05) is 5.56 Å². The van der Waals surface area contributed by atoms with Gasteiger partial charge in [0.1, 0.15) is 18.7 Å². The summed E-state index contributed by atoms with van der Waals surface area (Å²) in [5, 5.41) is 0.425. The molecule has 0 N–H and O–H groups in total. The molecule has 0 atom stereocenters. The van der Waals surface area contributed by atoms with Crippen LogP contribution in [0.15, 0.2) is 28.7 Å². The van der Waals surface area contributed by atoms with Gasteiger partial charge in [0.25, 0.3) is 0 Å². The highest BCUT2D eigenvalue weighted by Gasteiger charge is 2.13. The number of hydrogen-bond donors (Lipinski definition) is 0. The van der Waals surface area contributed by atoms with Crippen molar-refractivity contribution in [3.8, 4) is 5.75 Å². The van der Waals surface area contributed by atoms with Crippen LogP contribution in [0.5, 0.6) is 5.75 Å². The topological polar surface area (TPSA) is 65.7 Å². The molecule has 2 rings (SSSR count). The van der Waals surface area contributed by atoms with Crippen molar-refractivity contribution in [1.29, 1.82) is 0 Å². The van der Waals surface area contributed by atoms with Crippen molar-refractivity contribution < 1.29 is 23.5 Å². The van der Waals surface area contributed by atoms with Crippen LogP contribution in [0.4, 0.5) is 0 Å². The zero-order valence-corrected chi connectivity index (χ0v) is 12.4. The van der Waals surface area contributed by atoms with E-state index in [1.54, 1.807) is 6.07 Å². The van der Waals surface area contributed by atoms with Crippen molar-refractivity contribution in [3.63, 3.8) is 0 Å². The lowest BCUT2D eigenvalue weighted by atomic mass is 10.2. The van der Waals surface area contributed by atoms with E-state index in [1.165, 1.54) is 25.3 Å². The minimum absolute atomic E-state index is 0.0247. The van der Waals surface area contributed by atoms with Gasteiger partial charge in [-0.15, -0.1) is 0 Å². The van der Waals surface area contributed by atoms with Crippen molar-refractivity contribution >= 4 is 35.5 Å². The summed E-state index contributed by atoms with van der Waals surface area (Å²) in [5.74, 6) is 0.138. The van der Waals surface area contributed by atoms with Crippen molar-refractivity contribution in [2.24, 2.45) is 0 Å². The molecule has 0 bridgehead atoms. The first-order valence-corrected chi connectivity index (χ1v) is 6.54. The van der Waals surface area contributed by atoms with E-state index in [1.807, 2.05) is 0 Å². The summed E-state index contributed by atoms with van der Waals surface area (Å²) in [6.45, 7) is 0.0247. The number of ether oxygens (including phenoxy) is 2. The smallest absolute Gasteiger partial charge is 0.373 e. The molecule has 0 radical (unpaired) electrons. The van der Waals surface area contributed by atoms with Gasteiger partial charge >= 0.3 is 5.97 Å². The molecular formula is C14H10Cl2O5. The molecule has 0 amide bonds. The molecule has 0 unspecified atom stereocenters. The lowest BCUT2D eigenvalue weighted by Crippen LogP contribution is -1.99. The first kappa shape index (κ1) is 15.4. The van der Waals surface area contributed by atoms with Crippen LogP contribution in [-0.2, 0) is 11.3 Å². The second-order valence-electron chi connectivity index (χ2n) is 3.98. The Morgan fingerprint density at radius 3 is 2.52 bits per heavy atom. The number of halogens is 2. The van der Waals surface area contributed by atoms with Gasteiger partial charge in [-0.1, -0.05) is 23.2 Å². The Kier molecular flexibility index (Phi) is 4.88. The van der Waals surface area contributed by atoms with Gasteiger partial charge in [0.15, 0.2) is 5.75 Å². The van der Waals surface area contributed by atoms with Crippen LogP contribution in [0.1, 0.15) is 26.7 Å². The second kappa shape index (κ2) is 6.65. The summed E-state index contributed by atoms with van der Waals surface area (Å²) in [4.78, 5) is 21.9. The molecule has 2 aromatic rings. The molecule has 110 valence electrons. The number of rotatable bonds is 5. The maximum atomic E-state index is 11.2. The van der Waals surface area contributed by atoms with Gasteiger partial charge in [-0.05, 0) is 24.3 Å². The number of carbonyl (C=O) groups is 2. The molecule has 1 aromatic carbocycles. The maximum Gasteiger partial charge on any atom is 0.373 e. The Hall–Kier alpha value is -1.98. The number of hydrogen-bond acceptors (Lipinski definition) is 5. The Labute approximate surface area is 130 Å². The third kappa shape index (κ3) is 3.56. The van der Waals surface area contributed by atoms with Gasteiger partial charge in [-0.2, -0.15) is 0 Å². The van der Waals surface area contributed by atoms with E-state index in [4.69, 9.17) is 32.4 Å². The van der Waals surface area contributed by atoms with Gasteiger partial charge in [0.2, 0.25) is 5.76 Å². The zero-order valence-electron chi connectivity index (χ0n) is 10.9. The zero-order chi connectivity index (χ0) is 15.4. The van der Waals surface area contributed by atoms with Crippen LogP contribution in [-0.4, -0.2) is 19.4 Å². The van der Waals surface area contributed by atoms with Crippen LogP contribution in [0, 0.1) is 0 Å². The molecule has 1 heterocycles. The minimum Gasteiger partial charge on any atom is -0.483 e. The highest BCUT2D eigenvalue weighted by Crippen LogP contribution is 2.34. The molecular weight excluding hydrogens is 319 g/mol. The van der Waals surface area contributed by atoms with E-state index in [9.17, 15) is 9.59 Å². The molecule has 5 nitrogen and oxygen atoms in total. The molecule has 0 saturated carbocycles. The average Bonchev–Trinajstić information content (AvgIpc) is 2.94. The Balaban J connectivity index is 2.11. The predicted octanol–water partition coefficient (Wildman–Crippen LogP) is 3.76. The number of furan rings is 1. The van der Waals surface area contributed by atoms with E-state index in [2.05, 4.69) is 4.74 Å². The first-order chi connectivity index (χ1) is 10.0. The SMILES string of the molecule is COC(=O)c1ccc(COc2c(Cl)cc(C=O)cc2Cl)o1. The minimum atomic E-state index is -0.576. The van der Waals surface area contributed by atoms with E-state index < -0.39 is 5.97 Å². The quantitative estimate of drug-likeness (QED) is 0.617. The second-order valence-corrected chi connectivity index (χ2v) is 4.79. The van der Waals surface area contributed by atoms with Gasteiger partial charge in [-0.3, -0.25) is 4.79 Å². The van der Waals surface area contributed by atoms with E-state index in [-0.39, 0.29) is 28.2 Å². The highest BCUT2D eigenvalue weighted by atomic mass is 35.5. The van der Waals surface area contributed by atoms with Crippen molar-refractivity contribution in [2.45, 2.75) is 6.61 Å². The monoisotopic (exact) mass is 328 g/mol. The van der Waals surface area contributed by atoms with E-state index in [0.29, 0.717) is 17.6 Å². The molecule has 0 fully saturated rings. The number of aldehydes is 1. The molecule has 21 heavy (non-hydrogen) atoms. The molecule has 0 spiro atoms. The third-order valence-corrected chi connectivity index (χ3v) is 3.13. The number of carbonyl (C=O) groups excluding carboxylic acids is 2. The van der Waals surface area contributed by atoms with Crippen LogP contribution >= 0.6 is 23.2 Å². The Morgan fingerprint density at radius 1 is 1.29 bits per heavy atom. The molecule has 0 aliphatic carbocycles. The van der Waals surface area contributed by atoms with Crippen LogP contribution < -0.4 is 4.74 Å². The van der Waals surface area contributed by atoms with Gasteiger partial charge < -0.3 is 13.9 Å². The maximum absolute atomic E-state index is 11.2. The summed E-state index contributed by atoms with van der Waals surface area (Å²) >= 11 is 12.0. The lowest BCUT2D eigenvalue weighted by molar-refractivity contribution is 0.0561. The number of benzene rings is 1. The van der Waals surface area contributed by atoms with Crippen molar-refractivity contribution in [1.82, 2.24) is 0 Å². The Bertz CT molecular complexity index is 655. The van der Waals surface area contributed by atoms with Gasteiger partial charge in [-0.25, -0.2) is 4.79 Å². The van der Waals surface area contributed by atoms with Gasteiger partial charge in [0.05, 0.1) is 17.2 Å². The summed E-state index contributed by atoms with van der Waals surface area (Å²) in [5.41, 5.74) is 0.350. The van der Waals surface area contributed by atoms with Crippen LogP contribution in [0.2, 0.25) is 10.0 Å². The lowest BCUT2D eigenvalue weighted by Gasteiger charge is -2.09. The first-order valence-electron chi connectivity index (χ1n) is 5.79. The summed E-state index contributed by atoms with van der Waals surface area (Å²) < 4.78 is 15.2. The molecule has 7 heteroatoms. The molecule has 1 aromatic heterocycles. The number of methoxy groups -OCH3 is 1. The van der Waals surface area contributed by atoms with Crippen molar-refractivity contribution in [3.05, 3.63) is 51.4 Å². The molecule has 0 aliphatic heterocycles. The molecule has 0 saturated heterocycles. The summed E-state index contributed by atoms with van der Waals surface area (Å²) in [6, 6.07) is 5.94. The molecule has 0 aliphatic rings. The largest absolute Gasteiger partial charge is 0.483 e. The van der Waals surface area contributed by atoms with Crippen LogP contribution in [0.25, 0.3) is 0 Å². The van der Waals surface area contributed by atoms with E-state index in [0.717, 1.165) is 0 Å². The summed E-state index contributed by atoms with van der Waals surface area (Å²) in [6.07, 6.45) is 0.636. The Morgan fingerprint density at radius 2 is 1.95 bits per heavy atom. The number of esters is 1. The van der Waals surface area contributed by atoms with Crippen molar-refractivity contribution in [2.75, 3.05) is 7.11 Å². The summed E-state index contributed by atoms with van der Waals surface area (Å²) in [7, 11) is 1.26.